The van der Waals surface area contributed by atoms with Gasteiger partial charge in [0.05, 0.1) is 12.2 Å². The average molecular weight is 411 g/mol. The Kier molecular flexibility index (Phi) is 5.98. The van der Waals surface area contributed by atoms with Gasteiger partial charge in [0, 0.05) is 10.6 Å². The highest BCUT2D eigenvalue weighted by Crippen LogP contribution is 2.38. The van der Waals surface area contributed by atoms with E-state index >= 15 is 0 Å². The first kappa shape index (κ1) is 20.3. The molecule has 1 unspecified atom stereocenters. The minimum absolute atomic E-state index is 0.0166. The van der Waals surface area contributed by atoms with Gasteiger partial charge in [-0.05, 0) is 55.2 Å². The van der Waals surface area contributed by atoms with E-state index in [4.69, 9.17) is 21.1 Å². The van der Waals surface area contributed by atoms with Crippen LogP contribution in [0.25, 0.3) is 6.08 Å². The van der Waals surface area contributed by atoms with Crippen molar-refractivity contribution >= 4 is 23.6 Å². The third-order valence-electron chi connectivity index (χ3n) is 4.34. The molecule has 148 valence electrons. The number of ether oxygens (including phenoxy) is 2. The monoisotopic (exact) mass is 410 g/mol. The second kappa shape index (κ2) is 8.27. The Labute approximate surface area is 165 Å². The highest BCUT2D eigenvalue weighted by atomic mass is 35.5. The maximum atomic E-state index is 13.4. The number of carbonyl (C=O) groups excluding carboxylic acids is 1. The lowest BCUT2D eigenvalue weighted by Crippen LogP contribution is -2.40. The molecule has 0 spiro atoms. The number of rotatable bonds is 5. The van der Waals surface area contributed by atoms with Crippen LogP contribution in [0.3, 0.4) is 0 Å². The van der Waals surface area contributed by atoms with Crippen molar-refractivity contribution < 1.29 is 27.4 Å². The summed E-state index contributed by atoms with van der Waals surface area (Å²) in [4.78, 5) is 11.9. The van der Waals surface area contributed by atoms with E-state index in [-0.39, 0.29) is 12.4 Å². The van der Waals surface area contributed by atoms with Gasteiger partial charge in [0.1, 0.15) is 5.75 Å². The zero-order valence-corrected chi connectivity index (χ0v) is 15.8. The fourth-order valence-corrected chi connectivity index (χ4v) is 3.08. The number of carbonyl (C=O) groups is 1. The summed E-state index contributed by atoms with van der Waals surface area (Å²) in [5, 5.41) is 0.647. The summed E-state index contributed by atoms with van der Waals surface area (Å²) in [5.41, 5.74) is 1.78. The van der Waals surface area contributed by atoms with Crippen molar-refractivity contribution in [1.29, 1.82) is 0 Å². The molecule has 2 aromatic carbocycles. The van der Waals surface area contributed by atoms with Crippen molar-refractivity contribution in [1.82, 2.24) is 0 Å². The third-order valence-corrected chi connectivity index (χ3v) is 4.59. The Hall–Kier alpha value is -2.47. The number of halogens is 4. The molecule has 0 aliphatic carbocycles. The maximum Gasteiger partial charge on any atom is 0.430 e. The first-order chi connectivity index (χ1) is 13.3. The zero-order valence-electron chi connectivity index (χ0n) is 15.1. The molecule has 1 heterocycles. The van der Waals surface area contributed by atoms with Crippen LogP contribution in [0.1, 0.15) is 23.6 Å². The number of hydrogen-bond donors (Lipinski definition) is 0. The molecule has 2 aromatic rings. The van der Waals surface area contributed by atoms with Gasteiger partial charge in [-0.1, -0.05) is 35.9 Å². The standard InChI is InChI=1S/C21H18ClF3O3/c1-2-27-20(26)17-12-15-8-5-14(4-3-13-6-9-16(22)10-7-13)11-18(15)28-19(17)21(23,24)25/h5-12,19H,2-4H2,1H3. The molecule has 1 aliphatic rings. The van der Waals surface area contributed by atoms with E-state index in [1.807, 2.05) is 18.2 Å². The molecule has 7 heteroatoms. The number of hydrogen-bond acceptors (Lipinski definition) is 3. The SMILES string of the molecule is CCOC(=O)C1=Cc2ccc(CCc3ccc(Cl)cc3)cc2OC1C(F)(F)F. The van der Waals surface area contributed by atoms with Crippen molar-refractivity contribution in [2.24, 2.45) is 0 Å². The molecule has 3 rings (SSSR count). The van der Waals surface area contributed by atoms with E-state index in [2.05, 4.69) is 0 Å². The average Bonchev–Trinajstić information content (AvgIpc) is 2.66. The van der Waals surface area contributed by atoms with Crippen molar-refractivity contribution in [3.05, 3.63) is 69.8 Å². The van der Waals surface area contributed by atoms with E-state index in [9.17, 15) is 18.0 Å². The first-order valence-corrected chi connectivity index (χ1v) is 9.15. The van der Waals surface area contributed by atoms with Crippen LogP contribution in [0.5, 0.6) is 5.75 Å². The molecular weight excluding hydrogens is 393 g/mol. The largest absolute Gasteiger partial charge is 0.475 e. The minimum atomic E-state index is -4.73. The van der Waals surface area contributed by atoms with Gasteiger partial charge in [0.2, 0.25) is 6.10 Å². The highest BCUT2D eigenvalue weighted by molar-refractivity contribution is 6.30. The maximum absolute atomic E-state index is 13.4. The molecule has 1 atom stereocenters. The highest BCUT2D eigenvalue weighted by Gasteiger charge is 2.48. The van der Waals surface area contributed by atoms with Crippen LogP contribution in [-0.2, 0) is 22.4 Å². The molecule has 1 aliphatic heterocycles. The van der Waals surface area contributed by atoms with E-state index in [1.165, 1.54) is 13.0 Å². The van der Waals surface area contributed by atoms with Crippen molar-refractivity contribution in [2.45, 2.75) is 32.0 Å². The van der Waals surface area contributed by atoms with Gasteiger partial charge >= 0.3 is 12.1 Å². The lowest BCUT2D eigenvalue weighted by molar-refractivity contribution is -0.187. The number of fused-ring (bicyclic) bond motifs is 1. The van der Waals surface area contributed by atoms with Gasteiger partial charge in [-0.3, -0.25) is 0 Å². The topological polar surface area (TPSA) is 35.5 Å². The molecule has 0 saturated carbocycles. The number of esters is 1. The number of aryl methyl sites for hydroxylation is 2. The smallest absolute Gasteiger partial charge is 0.430 e. The van der Waals surface area contributed by atoms with Crippen molar-refractivity contribution in [3.63, 3.8) is 0 Å². The van der Waals surface area contributed by atoms with E-state index < -0.39 is 23.8 Å². The summed E-state index contributed by atoms with van der Waals surface area (Å²) < 4.78 is 50.1. The van der Waals surface area contributed by atoms with Crippen LogP contribution < -0.4 is 4.74 Å². The molecule has 0 aromatic heterocycles. The van der Waals surface area contributed by atoms with Crippen molar-refractivity contribution in [2.75, 3.05) is 6.61 Å². The molecule has 0 radical (unpaired) electrons. The normalized spacial score (nSPS) is 16.0. The van der Waals surface area contributed by atoms with E-state index in [0.29, 0.717) is 23.4 Å². The number of alkyl halides is 3. The summed E-state index contributed by atoms with van der Waals surface area (Å²) in [6.45, 7) is 1.52. The van der Waals surface area contributed by atoms with Crippen molar-refractivity contribution in [3.8, 4) is 5.75 Å². The second-order valence-electron chi connectivity index (χ2n) is 6.36. The molecule has 0 saturated heterocycles. The quantitative estimate of drug-likeness (QED) is 0.619. The summed E-state index contributed by atoms with van der Waals surface area (Å²) >= 11 is 5.87. The van der Waals surface area contributed by atoms with Crippen LogP contribution in [0.4, 0.5) is 13.2 Å². The molecule has 0 bridgehead atoms. The summed E-state index contributed by atoms with van der Waals surface area (Å²) in [5.74, 6) is -0.925. The van der Waals surface area contributed by atoms with Crippen LogP contribution in [0.2, 0.25) is 5.02 Å². The molecule has 0 fully saturated rings. The van der Waals surface area contributed by atoms with Gasteiger partial charge in [-0.15, -0.1) is 0 Å². The summed E-state index contributed by atoms with van der Waals surface area (Å²) in [6.07, 6.45) is -4.54. The van der Waals surface area contributed by atoms with E-state index in [1.54, 1.807) is 24.3 Å². The Morgan fingerprint density at radius 1 is 1.11 bits per heavy atom. The Bertz CT molecular complexity index is 889. The Balaban J connectivity index is 1.83. The molecule has 0 N–H and O–H groups in total. The minimum Gasteiger partial charge on any atom is -0.475 e. The Morgan fingerprint density at radius 2 is 1.75 bits per heavy atom. The summed E-state index contributed by atoms with van der Waals surface area (Å²) in [7, 11) is 0. The second-order valence-corrected chi connectivity index (χ2v) is 6.79. The van der Waals surface area contributed by atoms with Crippen LogP contribution >= 0.6 is 11.6 Å². The first-order valence-electron chi connectivity index (χ1n) is 8.77. The Morgan fingerprint density at radius 3 is 2.39 bits per heavy atom. The van der Waals surface area contributed by atoms with Gasteiger partial charge in [0.25, 0.3) is 0 Å². The third kappa shape index (κ3) is 4.68. The van der Waals surface area contributed by atoms with Crippen LogP contribution in [0, 0.1) is 0 Å². The van der Waals surface area contributed by atoms with Crippen LogP contribution in [-0.4, -0.2) is 24.9 Å². The van der Waals surface area contributed by atoms with Gasteiger partial charge in [-0.25, -0.2) is 4.79 Å². The predicted molar refractivity (Wildman–Crippen MR) is 100 cm³/mol. The zero-order chi connectivity index (χ0) is 20.3. The van der Waals surface area contributed by atoms with Gasteiger partial charge in [-0.2, -0.15) is 13.2 Å². The molecular formula is C21H18ClF3O3. The van der Waals surface area contributed by atoms with E-state index in [0.717, 1.165) is 11.1 Å². The predicted octanol–water partition coefficient (Wildman–Crippen LogP) is 5.40. The van der Waals surface area contributed by atoms with Crippen LogP contribution in [0.15, 0.2) is 48.0 Å². The lowest BCUT2D eigenvalue weighted by Gasteiger charge is -2.28. The molecule has 28 heavy (non-hydrogen) atoms. The molecule has 3 nitrogen and oxygen atoms in total. The fourth-order valence-electron chi connectivity index (χ4n) is 2.95. The van der Waals surface area contributed by atoms with Gasteiger partial charge < -0.3 is 9.47 Å². The molecule has 0 amide bonds. The number of benzene rings is 2. The van der Waals surface area contributed by atoms with Gasteiger partial charge in [0.15, 0.2) is 0 Å². The fraction of sp³-hybridized carbons (Fsp3) is 0.286. The lowest BCUT2D eigenvalue weighted by atomic mass is 9.98. The summed E-state index contributed by atoms with van der Waals surface area (Å²) in [6, 6.07) is 12.5.